The van der Waals surface area contributed by atoms with E-state index in [0.717, 1.165) is 39.6 Å². The van der Waals surface area contributed by atoms with Crippen LogP contribution in [0.4, 0.5) is 0 Å². The van der Waals surface area contributed by atoms with Crippen molar-refractivity contribution in [3.63, 3.8) is 0 Å². The summed E-state index contributed by atoms with van der Waals surface area (Å²) in [6.45, 7) is 21.2. The molecule has 3 heterocycles. The zero-order valence-electron chi connectivity index (χ0n) is 21.8. The molecule has 36 heavy (non-hydrogen) atoms. The number of carbonyl (C=O) groups is 3. The van der Waals surface area contributed by atoms with E-state index in [2.05, 4.69) is 33.9 Å². The number of carboxylic acid groups (broad SMARTS) is 3. The maximum atomic E-state index is 9.60. The van der Waals surface area contributed by atoms with Gasteiger partial charge in [0.15, 0.2) is 0 Å². The van der Waals surface area contributed by atoms with Gasteiger partial charge in [0.1, 0.15) is 0 Å². The number of carboxylic acids is 3. The summed E-state index contributed by atoms with van der Waals surface area (Å²) in [6, 6.07) is 0. The fraction of sp³-hybridized carbons (Fsp3) is 0.625. The number of hydrogen-bond donors (Lipinski definition) is 6. The molecule has 6 N–H and O–H groups in total. The molecule has 3 aliphatic heterocycles. The standard InChI is InChI=1S/C6H14O3.3C4H6O2.3C2H4O/c1-2-6(3-7,4-8)5-9;3*1-3(2)4(5)6;3*1-2-3-1/h7-9H,2-5H2,1H3;3*1H2,2H3,(H,5,6);3*1-2H2. The Morgan fingerprint density at radius 2 is 0.750 bits per heavy atom. The minimum atomic E-state index is -0.935. The van der Waals surface area contributed by atoms with Gasteiger partial charge in [0, 0.05) is 22.1 Å². The summed E-state index contributed by atoms with van der Waals surface area (Å²) in [6.07, 6.45) is 0.594. The van der Waals surface area contributed by atoms with Gasteiger partial charge in [-0.05, 0) is 27.2 Å². The minimum Gasteiger partial charge on any atom is -0.478 e. The molecule has 3 rings (SSSR count). The fourth-order valence-corrected chi connectivity index (χ4v) is 0.485. The number of aliphatic hydroxyl groups is 3. The Hall–Kier alpha value is -2.61. The number of rotatable bonds is 7. The topological polar surface area (TPSA) is 210 Å². The Morgan fingerprint density at radius 3 is 0.750 bits per heavy atom. The molecule has 12 nitrogen and oxygen atoms in total. The average molecular weight is 525 g/mol. The molecule has 3 saturated heterocycles. The van der Waals surface area contributed by atoms with E-state index in [1.807, 2.05) is 6.92 Å². The SMILES string of the molecule is C1CO1.C1CO1.C1CO1.C=C(C)C(=O)O.C=C(C)C(=O)O.C=C(C)C(=O)O.CCC(CO)(CO)CO. The summed E-state index contributed by atoms with van der Waals surface area (Å²) in [4.78, 5) is 28.8. The molecule has 3 fully saturated rings. The fourth-order valence-electron chi connectivity index (χ4n) is 0.485. The molecule has 0 aromatic rings. The molecule has 0 unspecified atom stereocenters. The van der Waals surface area contributed by atoms with Crippen LogP contribution in [0.25, 0.3) is 0 Å². The Bertz CT molecular complexity index is 500. The van der Waals surface area contributed by atoms with Crippen molar-refractivity contribution >= 4 is 17.9 Å². The van der Waals surface area contributed by atoms with E-state index in [-0.39, 0.29) is 36.5 Å². The lowest BCUT2D eigenvalue weighted by atomic mass is 9.88. The van der Waals surface area contributed by atoms with E-state index in [1.54, 1.807) is 0 Å². The molecule has 0 saturated carbocycles. The molecule has 0 radical (unpaired) electrons. The van der Waals surface area contributed by atoms with Crippen LogP contribution in [0.1, 0.15) is 34.1 Å². The van der Waals surface area contributed by atoms with Crippen molar-refractivity contribution < 1.29 is 59.2 Å². The summed E-state index contributed by atoms with van der Waals surface area (Å²) in [5.41, 5.74) is -0.139. The van der Waals surface area contributed by atoms with Crippen molar-refractivity contribution in [1.82, 2.24) is 0 Å². The van der Waals surface area contributed by atoms with E-state index < -0.39 is 23.3 Å². The van der Waals surface area contributed by atoms with Crippen LogP contribution in [0.15, 0.2) is 36.5 Å². The van der Waals surface area contributed by atoms with Crippen LogP contribution in [-0.4, -0.2) is 108 Å². The second kappa shape index (κ2) is 27.0. The van der Waals surface area contributed by atoms with Crippen molar-refractivity contribution in [3.05, 3.63) is 36.5 Å². The third kappa shape index (κ3) is 48.7. The normalized spacial score (nSPS) is 12.8. The second-order valence-corrected chi connectivity index (χ2v) is 7.42. The summed E-state index contributed by atoms with van der Waals surface area (Å²) >= 11 is 0. The number of aliphatic hydroxyl groups excluding tert-OH is 3. The van der Waals surface area contributed by atoms with Crippen LogP contribution in [0.5, 0.6) is 0 Å². The van der Waals surface area contributed by atoms with Gasteiger partial charge in [-0.15, -0.1) is 0 Å². The summed E-state index contributed by atoms with van der Waals surface area (Å²) in [7, 11) is 0. The molecule has 0 bridgehead atoms. The van der Waals surface area contributed by atoms with Crippen LogP contribution in [0.3, 0.4) is 0 Å². The largest absolute Gasteiger partial charge is 0.478 e. The maximum Gasteiger partial charge on any atom is 0.330 e. The molecule has 0 aromatic heterocycles. The second-order valence-electron chi connectivity index (χ2n) is 7.42. The van der Waals surface area contributed by atoms with E-state index >= 15 is 0 Å². The monoisotopic (exact) mass is 524 g/mol. The quantitative estimate of drug-likeness (QED) is 0.206. The first-order valence-corrected chi connectivity index (χ1v) is 10.9. The molecule has 0 aliphatic carbocycles. The molecule has 3 aliphatic rings. The average Bonchev–Trinajstić information content (AvgIpc) is 3.68. The number of epoxide rings is 3. The Labute approximate surface area is 213 Å². The predicted octanol–water partition coefficient (Wildman–Crippen LogP) is 1.35. The Morgan fingerprint density at radius 1 is 0.611 bits per heavy atom. The van der Waals surface area contributed by atoms with Crippen molar-refractivity contribution in [2.75, 3.05) is 59.5 Å². The van der Waals surface area contributed by atoms with Gasteiger partial charge in [0.05, 0.1) is 59.5 Å². The van der Waals surface area contributed by atoms with Crippen molar-refractivity contribution in [2.45, 2.75) is 34.1 Å². The van der Waals surface area contributed by atoms with Gasteiger partial charge < -0.3 is 44.8 Å². The van der Waals surface area contributed by atoms with Crippen LogP contribution < -0.4 is 0 Å². The molecule has 0 spiro atoms. The Kier molecular flexibility index (Phi) is 30.4. The summed E-state index contributed by atoms with van der Waals surface area (Å²) in [5.74, 6) is -2.81. The third-order valence-electron chi connectivity index (χ3n) is 3.46. The highest BCUT2D eigenvalue weighted by atomic mass is 16.6. The van der Waals surface area contributed by atoms with Gasteiger partial charge in [-0.25, -0.2) is 14.4 Å². The van der Waals surface area contributed by atoms with Gasteiger partial charge >= 0.3 is 17.9 Å². The van der Waals surface area contributed by atoms with Crippen LogP contribution in [-0.2, 0) is 28.6 Å². The first-order chi connectivity index (χ1) is 16.7. The molecule has 212 valence electrons. The van der Waals surface area contributed by atoms with Crippen LogP contribution >= 0.6 is 0 Å². The zero-order valence-corrected chi connectivity index (χ0v) is 21.8. The number of aliphatic carboxylic acids is 3. The van der Waals surface area contributed by atoms with Crippen LogP contribution in [0.2, 0.25) is 0 Å². The van der Waals surface area contributed by atoms with Gasteiger partial charge in [0.25, 0.3) is 0 Å². The minimum absolute atomic E-state index is 0.156. The van der Waals surface area contributed by atoms with Gasteiger partial charge in [0.2, 0.25) is 0 Å². The molecular weight excluding hydrogens is 480 g/mol. The van der Waals surface area contributed by atoms with Crippen molar-refractivity contribution in [3.8, 4) is 0 Å². The molecule has 0 aromatic carbocycles. The smallest absolute Gasteiger partial charge is 0.330 e. The van der Waals surface area contributed by atoms with Crippen molar-refractivity contribution in [1.29, 1.82) is 0 Å². The van der Waals surface area contributed by atoms with E-state index in [0.29, 0.717) is 6.42 Å². The van der Waals surface area contributed by atoms with E-state index in [1.165, 1.54) is 20.8 Å². The third-order valence-corrected chi connectivity index (χ3v) is 3.46. The molecular formula is C24H44O12. The molecule has 0 atom stereocenters. The summed E-state index contributed by atoms with van der Waals surface area (Å²) in [5, 5.41) is 49.6. The highest BCUT2D eigenvalue weighted by molar-refractivity contribution is 5.85. The highest BCUT2D eigenvalue weighted by Gasteiger charge is 2.24. The highest BCUT2D eigenvalue weighted by Crippen LogP contribution is 2.18. The van der Waals surface area contributed by atoms with Crippen molar-refractivity contribution in [2.24, 2.45) is 5.41 Å². The van der Waals surface area contributed by atoms with E-state index in [9.17, 15) is 14.4 Å². The number of hydrogen-bond acceptors (Lipinski definition) is 9. The lowest BCUT2D eigenvalue weighted by molar-refractivity contribution is -0.133. The molecule has 0 amide bonds. The van der Waals surface area contributed by atoms with Gasteiger partial charge in [-0.3, -0.25) is 0 Å². The first kappa shape index (κ1) is 40.6. The van der Waals surface area contributed by atoms with E-state index in [4.69, 9.17) is 30.6 Å². The van der Waals surface area contributed by atoms with Gasteiger partial charge in [-0.1, -0.05) is 26.7 Å². The summed E-state index contributed by atoms with van der Waals surface area (Å²) < 4.78 is 13.5. The lowest BCUT2D eigenvalue weighted by Crippen LogP contribution is -2.32. The first-order valence-electron chi connectivity index (χ1n) is 10.9. The predicted molar refractivity (Wildman–Crippen MR) is 134 cm³/mol. The number of ether oxygens (including phenoxy) is 3. The lowest BCUT2D eigenvalue weighted by Gasteiger charge is -2.24. The Balaban J connectivity index is -0.000000171. The maximum absolute atomic E-state index is 9.60. The zero-order chi connectivity index (χ0) is 29.2. The molecule has 12 heteroatoms. The van der Waals surface area contributed by atoms with Gasteiger partial charge in [-0.2, -0.15) is 0 Å². The van der Waals surface area contributed by atoms with Crippen LogP contribution in [0, 0.1) is 5.41 Å².